The molecule has 0 saturated heterocycles. The molecule has 0 bridgehead atoms. The number of carbonyl (C=O) groups excluding carboxylic acids is 3. The van der Waals surface area contributed by atoms with Gasteiger partial charge in [0.05, 0.1) is 12.5 Å². The standard InChI is InChI=1S/C29H36N8O4.C2HF3O2/c30-25(31)19-9-7-17(8-10-19)14-22(21-12-11-18-4-1-2-5-20(18)15-21)27(40)37-24(16-38)28(41)36-23(26(32)39)6-3-13-35-29(33)34;3-2(4,5)1(6)7/h1-2,4-5,7-12,15,22-24,38H,3,6,13-14,16H2,(H3,30,31)(H2,32,39)(H,36,41)(H,37,40)(H4,33,34,35);(H,6,7)/t22-,23+,24+;/m1./s1. The predicted octanol–water partition coefficient (Wildman–Crippen LogP) is 0.584. The summed E-state index contributed by atoms with van der Waals surface area (Å²) in [4.78, 5) is 51.3. The number of fused-ring (bicyclic) bond motifs is 1. The van der Waals surface area contributed by atoms with E-state index in [1.54, 1.807) is 24.3 Å². The number of rotatable bonds is 14. The van der Waals surface area contributed by atoms with Crippen molar-refractivity contribution in [3.63, 3.8) is 0 Å². The molecule has 0 aliphatic heterocycles. The Morgan fingerprint density at radius 1 is 0.854 bits per heavy atom. The lowest BCUT2D eigenvalue weighted by molar-refractivity contribution is -0.192. The second-order valence-electron chi connectivity index (χ2n) is 10.4. The number of halogens is 3. The summed E-state index contributed by atoms with van der Waals surface area (Å²) in [6.07, 6.45) is -4.27. The van der Waals surface area contributed by atoms with E-state index in [2.05, 4.69) is 15.6 Å². The Bertz CT molecular complexity index is 1630. The minimum Gasteiger partial charge on any atom is -0.475 e. The molecule has 0 saturated carbocycles. The van der Waals surface area contributed by atoms with E-state index in [1.165, 1.54) is 0 Å². The van der Waals surface area contributed by atoms with E-state index in [1.807, 2.05) is 42.5 Å². The van der Waals surface area contributed by atoms with Crippen LogP contribution in [-0.4, -0.2) is 77.1 Å². The number of primary amides is 1. The number of carboxylic acid groups (broad SMARTS) is 1. The van der Waals surface area contributed by atoms with Gasteiger partial charge in [-0.25, -0.2) is 4.79 Å². The zero-order chi connectivity index (χ0) is 36.0. The maximum absolute atomic E-state index is 13.6. The SMILES string of the molecule is N=C(N)c1ccc(C[C@@H](C(=O)N[C@@H](CO)C(=O)N[C@@H](CCCN=C(N)N)C(N)=O)c2ccc3ccccc3c2)cc1.O=C(O)C(F)(F)F. The Morgan fingerprint density at radius 3 is 1.96 bits per heavy atom. The average molecular weight is 675 g/mol. The molecule has 0 aliphatic rings. The number of carbonyl (C=O) groups is 4. The summed E-state index contributed by atoms with van der Waals surface area (Å²) in [7, 11) is 0. The van der Waals surface area contributed by atoms with E-state index < -0.39 is 54.5 Å². The van der Waals surface area contributed by atoms with E-state index >= 15 is 0 Å². The second-order valence-corrected chi connectivity index (χ2v) is 10.4. The van der Waals surface area contributed by atoms with Gasteiger partial charge in [-0.15, -0.1) is 0 Å². The molecule has 48 heavy (non-hydrogen) atoms. The molecule has 17 heteroatoms. The first-order chi connectivity index (χ1) is 22.5. The smallest absolute Gasteiger partial charge is 0.475 e. The summed E-state index contributed by atoms with van der Waals surface area (Å²) >= 11 is 0. The number of hydrogen-bond acceptors (Lipinski definition) is 7. The minimum absolute atomic E-state index is 0.0670. The molecule has 0 heterocycles. The third kappa shape index (κ3) is 12.2. The molecule has 0 aromatic heterocycles. The van der Waals surface area contributed by atoms with Crippen molar-refractivity contribution in [1.82, 2.24) is 10.6 Å². The van der Waals surface area contributed by atoms with Crippen molar-refractivity contribution in [3.8, 4) is 0 Å². The van der Waals surface area contributed by atoms with Gasteiger partial charge in [-0.3, -0.25) is 24.8 Å². The van der Waals surface area contributed by atoms with Gasteiger partial charge in [-0.1, -0.05) is 66.7 Å². The highest BCUT2D eigenvalue weighted by Gasteiger charge is 2.38. The van der Waals surface area contributed by atoms with Crippen LogP contribution in [0.25, 0.3) is 10.8 Å². The number of amidine groups is 1. The van der Waals surface area contributed by atoms with Crippen molar-refractivity contribution in [2.45, 2.75) is 43.4 Å². The average Bonchev–Trinajstić information content (AvgIpc) is 3.03. The number of benzene rings is 3. The summed E-state index contributed by atoms with van der Waals surface area (Å²) in [6.45, 7) is -0.461. The summed E-state index contributed by atoms with van der Waals surface area (Å²) in [5.41, 5.74) is 23.7. The normalized spacial score (nSPS) is 12.8. The number of hydrogen-bond donors (Lipinski definition) is 9. The fraction of sp³-hybridized carbons (Fsp3) is 0.290. The highest BCUT2D eigenvalue weighted by atomic mass is 19.4. The van der Waals surface area contributed by atoms with Crippen molar-refractivity contribution in [1.29, 1.82) is 5.41 Å². The van der Waals surface area contributed by atoms with Crippen LogP contribution in [-0.2, 0) is 25.6 Å². The van der Waals surface area contributed by atoms with Crippen molar-refractivity contribution in [2.75, 3.05) is 13.2 Å². The van der Waals surface area contributed by atoms with Gasteiger partial charge in [-0.05, 0) is 41.2 Å². The van der Waals surface area contributed by atoms with E-state index in [0.717, 1.165) is 16.3 Å². The molecular formula is C31H37F3N8O6. The van der Waals surface area contributed by atoms with E-state index in [-0.39, 0.29) is 31.2 Å². The Hall–Kier alpha value is -5.71. The zero-order valence-electron chi connectivity index (χ0n) is 25.5. The molecule has 3 aromatic rings. The molecule has 258 valence electrons. The number of aliphatic hydroxyl groups is 1. The first kappa shape index (κ1) is 38.5. The van der Waals surface area contributed by atoms with Gasteiger partial charge in [0.25, 0.3) is 0 Å². The van der Waals surface area contributed by atoms with Crippen LogP contribution in [0.15, 0.2) is 71.7 Å². The fourth-order valence-electron chi connectivity index (χ4n) is 4.37. The number of aliphatic carboxylic acids is 1. The molecule has 3 atom stereocenters. The van der Waals surface area contributed by atoms with E-state index in [9.17, 15) is 32.7 Å². The van der Waals surface area contributed by atoms with Crippen LogP contribution >= 0.6 is 0 Å². The number of carboxylic acids is 1. The number of nitrogens with one attached hydrogen (secondary N) is 3. The highest BCUT2D eigenvalue weighted by molar-refractivity contribution is 5.95. The first-order valence-corrected chi connectivity index (χ1v) is 14.3. The van der Waals surface area contributed by atoms with E-state index in [4.69, 9.17) is 38.2 Å². The topological polar surface area (TPSA) is 273 Å². The Labute approximate surface area is 272 Å². The van der Waals surface area contributed by atoms with Crippen LogP contribution < -0.4 is 33.6 Å². The van der Waals surface area contributed by atoms with Gasteiger partial charge in [0.1, 0.15) is 17.9 Å². The number of alkyl halides is 3. The van der Waals surface area contributed by atoms with Crippen molar-refractivity contribution < 1.29 is 42.6 Å². The fourth-order valence-corrected chi connectivity index (χ4v) is 4.37. The molecule has 3 amide bonds. The maximum Gasteiger partial charge on any atom is 0.490 e. The van der Waals surface area contributed by atoms with Crippen molar-refractivity contribution in [2.24, 2.45) is 27.9 Å². The van der Waals surface area contributed by atoms with Crippen LogP contribution in [0.3, 0.4) is 0 Å². The summed E-state index contributed by atoms with van der Waals surface area (Å²) in [6, 6.07) is 18.0. The number of aliphatic hydroxyl groups excluding tert-OH is 1. The monoisotopic (exact) mass is 674 g/mol. The van der Waals surface area contributed by atoms with Crippen LogP contribution in [0.1, 0.15) is 35.4 Å². The molecule has 14 nitrogen and oxygen atoms in total. The quantitative estimate of drug-likeness (QED) is 0.0656. The lowest BCUT2D eigenvalue weighted by Gasteiger charge is -2.24. The third-order valence-corrected chi connectivity index (χ3v) is 6.86. The number of guanidine groups is 1. The number of nitrogens with zero attached hydrogens (tertiary/aromatic N) is 1. The van der Waals surface area contributed by atoms with Crippen molar-refractivity contribution in [3.05, 3.63) is 83.4 Å². The molecule has 3 rings (SSSR count). The summed E-state index contributed by atoms with van der Waals surface area (Å²) in [5.74, 6) is -5.66. The molecule has 13 N–H and O–H groups in total. The van der Waals surface area contributed by atoms with Gasteiger partial charge >= 0.3 is 12.1 Å². The van der Waals surface area contributed by atoms with Gasteiger partial charge in [-0.2, -0.15) is 13.2 Å². The second kappa shape index (κ2) is 17.8. The molecule has 0 fully saturated rings. The molecular weight excluding hydrogens is 637 g/mol. The molecule has 0 radical (unpaired) electrons. The number of nitrogens with two attached hydrogens (primary N) is 4. The van der Waals surface area contributed by atoms with Gasteiger partial charge < -0.3 is 43.8 Å². The van der Waals surface area contributed by atoms with Gasteiger partial charge in [0.2, 0.25) is 17.7 Å². The molecule has 0 spiro atoms. The first-order valence-electron chi connectivity index (χ1n) is 14.3. The van der Waals surface area contributed by atoms with Crippen LogP contribution in [0.5, 0.6) is 0 Å². The maximum atomic E-state index is 13.6. The highest BCUT2D eigenvalue weighted by Crippen LogP contribution is 2.26. The lowest BCUT2D eigenvalue weighted by Crippen LogP contribution is -2.55. The molecule has 0 aliphatic carbocycles. The number of nitrogen functional groups attached to an aromatic ring is 1. The Kier molecular flexibility index (Phi) is 14.3. The molecule has 0 unspecified atom stereocenters. The van der Waals surface area contributed by atoms with E-state index in [0.29, 0.717) is 17.5 Å². The number of aliphatic imine (C=N–C) groups is 1. The minimum atomic E-state index is -5.08. The summed E-state index contributed by atoms with van der Waals surface area (Å²) < 4.78 is 31.7. The largest absolute Gasteiger partial charge is 0.490 e. The predicted molar refractivity (Wildman–Crippen MR) is 172 cm³/mol. The van der Waals surface area contributed by atoms with Crippen LogP contribution in [0.2, 0.25) is 0 Å². The lowest BCUT2D eigenvalue weighted by atomic mass is 9.89. The van der Waals surface area contributed by atoms with Crippen LogP contribution in [0.4, 0.5) is 13.2 Å². The zero-order valence-corrected chi connectivity index (χ0v) is 25.5. The molecule has 3 aromatic carbocycles. The van der Waals surface area contributed by atoms with Crippen LogP contribution in [0, 0.1) is 5.41 Å². The Balaban J connectivity index is 0.00000103. The summed E-state index contributed by atoms with van der Waals surface area (Å²) in [5, 5.41) is 31.8. The van der Waals surface area contributed by atoms with Gasteiger partial charge in [0.15, 0.2) is 5.96 Å². The van der Waals surface area contributed by atoms with Crippen molar-refractivity contribution >= 4 is 46.3 Å². The number of amides is 3. The third-order valence-electron chi connectivity index (χ3n) is 6.86. The Morgan fingerprint density at radius 2 is 1.44 bits per heavy atom. The van der Waals surface area contributed by atoms with Gasteiger partial charge in [0, 0.05) is 12.1 Å².